The quantitative estimate of drug-likeness (QED) is 0.450. The van der Waals surface area contributed by atoms with Gasteiger partial charge in [0.1, 0.15) is 4.88 Å². The van der Waals surface area contributed by atoms with Gasteiger partial charge in [-0.05, 0) is 49.6 Å². The largest absolute Gasteiger partial charge is 0.325 e. The standard InChI is InChI=1S/C19H17ClN4O2S2/c1-11-16(17(25)23-14-5-3-4-6-15(14)27-2)28-19(21-11)24-18(26)22-13-9-7-12(20)8-10-13/h3-10H,1-2H3,(H,23,25)(H2,21,22,24,26). The summed E-state index contributed by atoms with van der Waals surface area (Å²) in [5, 5.41) is 9.16. The van der Waals surface area contributed by atoms with Crippen molar-refractivity contribution in [2.75, 3.05) is 22.2 Å². The van der Waals surface area contributed by atoms with E-state index in [9.17, 15) is 9.59 Å². The van der Waals surface area contributed by atoms with Gasteiger partial charge in [-0.2, -0.15) is 0 Å². The number of anilines is 3. The van der Waals surface area contributed by atoms with Gasteiger partial charge in [0.2, 0.25) is 0 Å². The molecule has 0 unspecified atom stereocenters. The number of aryl methyl sites for hydroxylation is 1. The van der Waals surface area contributed by atoms with Crippen molar-refractivity contribution in [1.82, 2.24) is 4.98 Å². The summed E-state index contributed by atoms with van der Waals surface area (Å²) < 4.78 is 0. The second kappa shape index (κ2) is 9.09. The minimum atomic E-state index is -0.448. The SMILES string of the molecule is CSc1ccccc1NC(=O)c1sc(NC(=O)Nc2ccc(Cl)cc2)nc1C. The first-order chi connectivity index (χ1) is 13.5. The van der Waals surface area contributed by atoms with Gasteiger partial charge < -0.3 is 10.6 Å². The van der Waals surface area contributed by atoms with Crippen LogP contribution in [0.5, 0.6) is 0 Å². The van der Waals surface area contributed by atoms with Gasteiger partial charge in [0, 0.05) is 15.6 Å². The van der Waals surface area contributed by atoms with E-state index < -0.39 is 6.03 Å². The number of rotatable bonds is 5. The Hall–Kier alpha value is -2.55. The van der Waals surface area contributed by atoms with Crippen LogP contribution in [0.15, 0.2) is 53.4 Å². The number of benzene rings is 2. The van der Waals surface area contributed by atoms with E-state index in [2.05, 4.69) is 20.9 Å². The molecule has 0 radical (unpaired) electrons. The molecule has 2 aromatic carbocycles. The third-order valence-corrected chi connectivity index (χ3v) is 5.80. The Labute approximate surface area is 175 Å². The molecule has 6 nitrogen and oxygen atoms in total. The maximum Gasteiger partial charge on any atom is 0.325 e. The molecular formula is C19H17ClN4O2S2. The minimum absolute atomic E-state index is 0.261. The number of aromatic nitrogens is 1. The third kappa shape index (κ3) is 5.03. The highest BCUT2D eigenvalue weighted by Crippen LogP contribution is 2.28. The van der Waals surface area contributed by atoms with Crippen LogP contribution in [0.4, 0.5) is 21.3 Å². The van der Waals surface area contributed by atoms with E-state index in [1.54, 1.807) is 43.0 Å². The van der Waals surface area contributed by atoms with E-state index in [4.69, 9.17) is 11.6 Å². The summed E-state index contributed by atoms with van der Waals surface area (Å²) >= 11 is 8.50. The van der Waals surface area contributed by atoms with Crippen LogP contribution in [-0.4, -0.2) is 23.2 Å². The van der Waals surface area contributed by atoms with E-state index in [1.807, 2.05) is 30.5 Å². The third-order valence-electron chi connectivity index (χ3n) is 3.68. The highest BCUT2D eigenvalue weighted by atomic mass is 35.5. The van der Waals surface area contributed by atoms with Gasteiger partial charge in [0.05, 0.1) is 11.4 Å². The first-order valence-corrected chi connectivity index (χ1v) is 10.6. The number of nitrogens with one attached hydrogen (secondary N) is 3. The number of halogens is 1. The summed E-state index contributed by atoms with van der Waals surface area (Å²) in [7, 11) is 0. The monoisotopic (exact) mass is 432 g/mol. The lowest BCUT2D eigenvalue weighted by Gasteiger charge is -2.08. The fourth-order valence-electron chi connectivity index (χ4n) is 2.38. The Morgan fingerprint density at radius 2 is 1.75 bits per heavy atom. The zero-order valence-electron chi connectivity index (χ0n) is 15.1. The van der Waals surface area contributed by atoms with Crippen molar-refractivity contribution in [2.24, 2.45) is 0 Å². The first kappa shape index (κ1) is 20.2. The van der Waals surface area contributed by atoms with Crippen LogP contribution < -0.4 is 16.0 Å². The summed E-state index contributed by atoms with van der Waals surface area (Å²) in [5.41, 5.74) is 1.88. The molecule has 9 heteroatoms. The Balaban J connectivity index is 1.67. The maximum absolute atomic E-state index is 12.6. The highest BCUT2D eigenvalue weighted by Gasteiger charge is 2.17. The molecule has 0 bridgehead atoms. The number of amides is 3. The molecule has 0 aliphatic heterocycles. The molecule has 3 rings (SSSR count). The lowest BCUT2D eigenvalue weighted by atomic mass is 10.3. The number of para-hydroxylation sites is 1. The highest BCUT2D eigenvalue weighted by molar-refractivity contribution is 7.98. The topological polar surface area (TPSA) is 83.1 Å². The number of hydrogen-bond acceptors (Lipinski definition) is 5. The molecule has 3 aromatic rings. The molecule has 1 heterocycles. The number of hydrogen-bond donors (Lipinski definition) is 3. The van der Waals surface area contributed by atoms with Crippen LogP contribution in [0.25, 0.3) is 0 Å². The molecule has 0 saturated heterocycles. The normalized spacial score (nSPS) is 10.4. The lowest BCUT2D eigenvalue weighted by Crippen LogP contribution is -2.19. The van der Waals surface area contributed by atoms with Crippen molar-refractivity contribution in [3.8, 4) is 0 Å². The molecule has 3 amide bonds. The second-order valence-corrected chi connectivity index (χ2v) is 7.96. The maximum atomic E-state index is 12.6. The van der Waals surface area contributed by atoms with Crippen LogP contribution >= 0.6 is 34.7 Å². The Morgan fingerprint density at radius 3 is 2.46 bits per heavy atom. The van der Waals surface area contributed by atoms with Crippen LogP contribution in [-0.2, 0) is 0 Å². The van der Waals surface area contributed by atoms with E-state index >= 15 is 0 Å². The molecule has 0 spiro atoms. The fourth-order valence-corrected chi connectivity index (χ4v) is 3.92. The molecule has 0 atom stereocenters. The smallest absolute Gasteiger partial charge is 0.320 e. The predicted octanol–water partition coefficient (Wildman–Crippen LogP) is 5.72. The van der Waals surface area contributed by atoms with Gasteiger partial charge in [-0.25, -0.2) is 9.78 Å². The van der Waals surface area contributed by atoms with E-state index in [-0.39, 0.29) is 5.91 Å². The van der Waals surface area contributed by atoms with Crippen LogP contribution in [0, 0.1) is 6.92 Å². The molecule has 3 N–H and O–H groups in total. The minimum Gasteiger partial charge on any atom is -0.320 e. The molecule has 1 aromatic heterocycles. The Morgan fingerprint density at radius 1 is 1.04 bits per heavy atom. The van der Waals surface area contributed by atoms with Crippen molar-refractivity contribution in [3.05, 3.63) is 64.1 Å². The van der Waals surface area contributed by atoms with Gasteiger partial charge in [0.25, 0.3) is 5.91 Å². The average molecular weight is 433 g/mol. The fraction of sp³-hybridized carbons (Fsp3) is 0.105. The predicted molar refractivity (Wildman–Crippen MR) is 117 cm³/mol. The molecule has 0 aliphatic carbocycles. The van der Waals surface area contributed by atoms with Crippen molar-refractivity contribution in [1.29, 1.82) is 0 Å². The van der Waals surface area contributed by atoms with E-state index in [1.165, 1.54) is 0 Å². The molecular weight excluding hydrogens is 416 g/mol. The first-order valence-electron chi connectivity index (χ1n) is 8.21. The van der Waals surface area contributed by atoms with E-state index in [0.29, 0.717) is 26.4 Å². The summed E-state index contributed by atoms with van der Waals surface area (Å²) in [4.78, 5) is 30.5. The molecule has 0 saturated carbocycles. The van der Waals surface area contributed by atoms with Gasteiger partial charge in [-0.3, -0.25) is 10.1 Å². The summed E-state index contributed by atoms with van der Waals surface area (Å²) in [5.74, 6) is -0.261. The number of urea groups is 1. The molecule has 28 heavy (non-hydrogen) atoms. The number of carbonyl (C=O) groups excluding carboxylic acids is 2. The van der Waals surface area contributed by atoms with Gasteiger partial charge in [-0.15, -0.1) is 11.8 Å². The molecule has 0 aliphatic rings. The van der Waals surface area contributed by atoms with Crippen molar-refractivity contribution in [3.63, 3.8) is 0 Å². The number of thiazole rings is 1. The second-order valence-electron chi connectivity index (χ2n) is 5.67. The van der Waals surface area contributed by atoms with Crippen LogP contribution in [0.1, 0.15) is 15.4 Å². The zero-order valence-corrected chi connectivity index (χ0v) is 17.5. The summed E-state index contributed by atoms with van der Waals surface area (Å²) in [6, 6.07) is 13.9. The van der Waals surface area contributed by atoms with Crippen LogP contribution in [0.2, 0.25) is 5.02 Å². The Bertz CT molecular complexity index is 1010. The number of nitrogens with zero attached hydrogens (tertiary/aromatic N) is 1. The van der Waals surface area contributed by atoms with E-state index in [0.717, 1.165) is 21.9 Å². The van der Waals surface area contributed by atoms with Crippen molar-refractivity contribution < 1.29 is 9.59 Å². The van der Waals surface area contributed by atoms with Gasteiger partial charge >= 0.3 is 6.03 Å². The summed E-state index contributed by atoms with van der Waals surface area (Å²) in [6.07, 6.45) is 1.95. The van der Waals surface area contributed by atoms with Gasteiger partial charge in [-0.1, -0.05) is 35.1 Å². The molecule has 0 fully saturated rings. The Kier molecular flexibility index (Phi) is 6.56. The molecule has 144 valence electrons. The lowest BCUT2D eigenvalue weighted by molar-refractivity contribution is 0.102. The number of thioether (sulfide) groups is 1. The summed E-state index contributed by atoms with van der Waals surface area (Å²) in [6.45, 7) is 1.73. The van der Waals surface area contributed by atoms with Gasteiger partial charge in [0.15, 0.2) is 5.13 Å². The van der Waals surface area contributed by atoms with Crippen molar-refractivity contribution >= 4 is 63.1 Å². The van der Waals surface area contributed by atoms with Crippen molar-refractivity contribution in [2.45, 2.75) is 11.8 Å². The average Bonchev–Trinajstić information content (AvgIpc) is 3.04. The van der Waals surface area contributed by atoms with Crippen LogP contribution in [0.3, 0.4) is 0 Å². The zero-order chi connectivity index (χ0) is 20.1. The number of carbonyl (C=O) groups is 2.